The minimum absolute atomic E-state index is 0.103. The van der Waals surface area contributed by atoms with Crippen molar-refractivity contribution in [1.82, 2.24) is 0 Å². The standard InChI is InChI=1S/C18H23NO/c1-12(2)11-14-16(18(14,3)4)17(20)19-10-9-13-7-5-6-8-15(13)19/h5-8,11,14,16H,9-10H2,1-4H3. The average molecular weight is 269 g/mol. The summed E-state index contributed by atoms with van der Waals surface area (Å²) in [7, 11) is 0. The lowest BCUT2D eigenvalue weighted by molar-refractivity contribution is -0.120. The van der Waals surface area contributed by atoms with Gasteiger partial charge in [-0.1, -0.05) is 43.7 Å². The van der Waals surface area contributed by atoms with E-state index in [1.807, 2.05) is 11.0 Å². The highest BCUT2D eigenvalue weighted by Gasteiger charge is 2.61. The molecule has 2 nitrogen and oxygen atoms in total. The summed E-state index contributed by atoms with van der Waals surface area (Å²) >= 11 is 0. The van der Waals surface area contributed by atoms with E-state index in [-0.39, 0.29) is 11.3 Å². The molecule has 0 saturated heterocycles. The Kier molecular flexibility index (Phi) is 3.00. The highest BCUT2D eigenvalue weighted by Crippen LogP contribution is 2.60. The van der Waals surface area contributed by atoms with E-state index in [1.165, 1.54) is 11.1 Å². The number of nitrogens with zero attached hydrogens (tertiary/aromatic N) is 1. The van der Waals surface area contributed by atoms with E-state index < -0.39 is 0 Å². The first-order valence-electron chi connectivity index (χ1n) is 7.47. The van der Waals surface area contributed by atoms with Crippen LogP contribution < -0.4 is 4.90 Å². The van der Waals surface area contributed by atoms with E-state index in [1.54, 1.807) is 0 Å². The van der Waals surface area contributed by atoms with Crippen LogP contribution in [0.2, 0.25) is 0 Å². The fraction of sp³-hybridized carbons (Fsp3) is 0.500. The van der Waals surface area contributed by atoms with E-state index in [0.717, 1.165) is 18.7 Å². The number of hydrogen-bond donors (Lipinski definition) is 0. The van der Waals surface area contributed by atoms with Gasteiger partial charge in [-0.2, -0.15) is 0 Å². The number of para-hydroxylation sites is 1. The zero-order valence-electron chi connectivity index (χ0n) is 12.8. The second kappa shape index (κ2) is 4.47. The van der Waals surface area contributed by atoms with Gasteiger partial charge in [0.1, 0.15) is 0 Å². The van der Waals surface area contributed by atoms with Crippen molar-refractivity contribution >= 4 is 11.6 Å². The van der Waals surface area contributed by atoms with Crippen LogP contribution in [0.5, 0.6) is 0 Å². The number of hydrogen-bond acceptors (Lipinski definition) is 1. The van der Waals surface area contributed by atoms with Crippen molar-refractivity contribution in [2.24, 2.45) is 17.3 Å². The molecule has 2 aliphatic rings. The summed E-state index contributed by atoms with van der Waals surface area (Å²) in [5, 5.41) is 0. The molecule has 0 N–H and O–H groups in total. The molecule has 3 rings (SSSR count). The lowest BCUT2D eigenvalue weighted by Gasteiger charge is -2.18. The summed E-state index contributed by atoms with van der Waals surface area (Å²) in [4.78, 5) is 14.9. The summed E-state index contributed by atoms with van der Waals surface area (Å²) in [6, 6.07) is 8.29. The SMILES string of the molecule is CC(C)=CC1C(C(=O)N2CCc3ccccc32)C1(C)C. The van der Waals surface area contributed by atoms with Crippen molar-refractivity contribution in [1.29, 1.82) is 0 Å². The van der Waals surface area contributed by atoms with Crippen LogP contribution in [0.1, 0.15) is 33.3 Å². The highest BCUT2D eigenvalue weighted by molar-refractivity contribution is 5.99. The number of allylic oxidation sites excluding steroid dienone is 2. The number of fused-ring (bicyclic) bond motifs is 1. The van der Waals surface area contributed by atoms with Gasteiger partial charge in [0.05, 0.1) is 5.92 Å². The van der Waals surface area contributed by atoms with Gasteiger partial charge in [-0.3, -0.25) is 4.79 Å². The fourth-order valence-corrected chi connectivity index (χ4v) is 3.55. The molecule has 2 atom stereocenters. The van der Waals surface area contributed by atoms with Crippen molar-refractivity contribution in [3.05, 3.63) is 41.5 Å². The molecule has 2 heteroatoms. The molecule has 1 aromatic rings. The molecule has 20 heavy (non-hydrogen) atoms. The minimum Gasteiger partial charge on any atom is -0.312 e. The third-order valence-electron chi connectivity index (χ3n) is 4.84. The molecule has 1 aromatic carbocycles. The molecule has 1 saturated carbocycles. The molecule has 0 spiro atoms. The topological polar surface area (TPSA) is 20.3 Å². The largest absolute Gasteiger partial charge is 0.312 e. The van der Waals surface area contributed by atoms with E-state index in [2.05, 4.69) is 52.0 Å². The van der Waals surface area contributed by atoms with Gasteiger partial charge < -0.3 is 4.90 Å². The third-order valence-corrected chi connectivity index (χ3v) is 4.84. The second-order valence-corrected chi connectivity index (χ2v) is 6.94. The molecule has 1 fully saturated rings. The quantitative estimate of drug-likeness (QED) is 0.748. The maximum Gasteiger partial charge on any atom is 0.231 e. The Morgan fingerprint density at radius 1 is 1.30 bits per heavy atom. The lowest BCUT2D eigenvalue weighted by Crippen LogP contribution is -2.31. The number of benzene rings is 1. The van der Waals surface area contributed by atoms with Gasteiger partial charge in [0.2, 0.25) is 5.91 Å². The van der Waals surface area contributed by atoms with Gasteiger partial charge in [-0.25, -0.2) is 0 Å². The van der Waals surface area contributed by atoms with Gasteiger partial charge in [0.25, 0.3) is 0 Å². The normalized spacial score (nSPS) is 26.1. The molecule has 1 aliphatic heterocycles. The molecule has 1 heterocycles. The van der Waals surface area contributed by atoms with E-state index in [4.69, 9.17) is 0 Å². The first-order chi connectivity index (χ1) is 9.43. The van der Waals surface area contributed by atoms with Crippen LogP contribution in [0.4, 0.5) is 5.69 Å². The Morgan fingerprint density at radius 2 is 2.00 bits per heavy atom. The number of anilines is 1. The molecular formula is C18H23NO. The summed E-state index contributed by atoms with van der Waals surface area (Å²) < 4.78 is 0. The predicted molar refractivity (Wildman–Crippen MR) is 82.7 cm³/mol. The van der Waals surface area contributed by atoms with Crippen LogP contribution in [0.3, 0.4) is 0 Å². The van der Waals surface area contributed by atoms with E-state index >= 15 is 0 Å². The van der Waals surface area contributed by atoms with Crippen molar-refractivity contribution < 1.29 is 4.79 Å². The molecule has 1 aliphatic carbocycles. The van der Waals surface area contributed by atoms with Crippen LogP contribution in [0, 0.1) is 17.3 Å². The fourth-order valence-electron chi connectivity index (χ4n) is 3.55. The number of carbonyl (C=O) groups is 1. The Labute approximate surface area is 121 Å². The third kappa shape index (κ3) is 1.98. The van der Waals surface area contributed by atoms with Crippen molar-refractivity contribution in [2.45, 2.75) is 34.1 Å². The molecule has 0 aromatic heterocycles. The molecule has 0 radical (unpaired) electrons. The lowest BCUT2D eigenvalue weighted by atomic mass is 10.1. The van der Waals surface area contributed by atoms with Gasteiger partial charge in [0.15, 0.2) is 0 Å². The molecular weight excluding hydrogens is 246 g/mol. The van der Waals surface area contributed by atoms with Crippen LogP contribution in [0.25, 0.3) is 0 Å². The maximum absolute atomic E-state index is 12.9. The summed E-state index contributed by atoms with van der Waals surface area (Å²) in [6.45, 7) is 9.48. The Balaban J connectivity index is 1.84. The molecule has 1 amide bonds. The first kappa shape index (κ1) is 13.4. The Morgan fingerprint density at radius 3 is 2.70 bits per heavy atom. The minimum atomic E-state index is 0.103. The summed E-state index contributed by atoms with van der Waals surface area (Å²) in [5.74, 6) is 0.846. The van der Waals surface area contributed by atoms with Gasteiger partial charge in [-0.05, 0) is 43.2 Å². The molecule has 106 valence electrons. The van der Waals surface area contributed by atoms with Crippen LogP contribution in [-0.2, 0) is 11.2 Å². The Hall–Kier alpha value is -1.57. The monoisotopic (exact) mass is 269 g/mol. The van der Waals surface area contributed by atoms with Crippen LogP contribution in [0.15, 0.2) is 35.9 Å². The van der Waals surface area contributed by atoms with E-state index in [0.29, 0.717) is 11.8 Å². The first-order valence-corrected chi connectivity index (χ1v) is 7.47. The van der Waals surface area contributed by atoms with Crippen LogP contribution in [-0.4, -0.2) is 12.5 Å². The predicted octanol–water partition coefficient (Wildman–Crippen LogP) is 3.81. The second-order valence-electron chi connectivity index (χ2n) is 6.94. The highest BCUT2D eigenvalue weighted by atomic mass is 16.2. The van der Waals surface area contributed by atoms with Crippen LogP contribution >= 0.6 is 0 Å². The number of rotatable bonds is 2. The zero-order chi connectivity index (χ0) is 14.5. The van der Waals surface area contributed by atoms with Crippen molar-refractivity contribution in [2.75, 3.05) is 11.4 Å². The average Bonchev–Trinajstić information content (AvgIpc) is 2.75. The van der Waals surface area contributed by atoms with Crippen molar-refractivity contribution in [3.8, 4) is 0 Å². The smallest absolute Gasteiger partial charge is 0.231 e. The molecule has 2 unspecified atom stereocenters. The Bertz CT molecular complexity index is 581. The molecule has 0 bridgehead atoms. The zero-order valence-corrected chi connectivity index (χ0v) is 12.8. The number of carbonyl (C=O) groups excluding carboxylic acids is 1. The number of amides is 1. The summed E-state index contributed by atoms with van der Waals surface area (Å²) in [5.41, 5.74) is 3.83. The van der Waals surface area contributed by atoms with Gasteiger partial charge in [-0.15, -0.1) is 0 Å². The summed E-state index contributed by atoms with van der Waals surface area (Å²) in [6.07, 6.45) is 3.26. The van der Waals surface area contributed by atoms with E-state index in [9.17, 15) is 4.79 Å². The maximum atomic E-state index is 12.9. The van der Waals surface area contributed by atoms with Gasteiger partial charge >= 0.3 is 0 Å². The van der Waals surface area contributed by atoms with Gasteiger partial charge in [0, 0.05) is 12.2 Å². The van der Waals surface area contributed by atoms with Crippen molar-refractivity contribution in [3.63, 3.8) is 0 Å².